The molecule has 9 heteroatoms. The fraction of sp³-hybridized carbons (Fsp3) is 0.583. The molecule has 2 aromatic heterocycles. The molecule has 0 aliphatic rings. The Labute approximate surface area is 128 Å². The van der Waals surface area contributed by atoms with Gasteiger partial charge in [-0.15, -0.1) is 12.4 Å². The van der Waals surface area contributed by atoms with Gasteiger partial charge in [-0.3, -0.25) is 18.5 Å². The molecule has 0 aliphatic carbocycles. The first-order valence-corrected chi connectivity index (χ1v) is 6.24. The Hall–Kier alpha value is -1.80. The second kappa shape index (κ2) is 6.31. The maximum atomic E-state index is 12.1. The van der Waals surface area contributed by atoms with Gasteiger partial charge in [0.15, 0.2) is 11.2 Å². The van der Waals surface area contributed by atoms with E-state index in [1.54, 1.807) is 18.7 Å². The van der Waals surface area contributed by atoms with Crippen molar-refractivity contribution in [2.75, 3.05) is 27.2 Å². The molecule has 0 radical (unpaired) electrons. The topological polar surface area (TPSA) is 74.3 Å². The molecular formula is C12H20ClN5O3. The molecule has 0 N–H and O–H groups in total. The van der Waals surface area contributed by atoms with Crippen LogP contribution < -0.4 is 16.0 Å². The van der Waals surface area contributed by atoms with Gasteiger partial charge in [-0.1, -0.05) is 0 Å². The van der Waals surface area contributed by atoms with E-state index in [1.165, 1.54) is 11.6 Å². The number of hydrogen-bond donors (Lipinski definition) is 0. The molecule has 0 spiro atoms. The van der Waals surface area contributed by atoms with Gasteiger partial charge in [-0.25, -0.2) is 4.79 Å². The van der Waals surface area contributed by atoms with E-state index in [0.29, 0.717) is 23.8 Å². The number of likely N-dealkylation sites (N-methyl/N-ethyl adjacent to an activating group) is 1. The lowest BCUT2D eigenvalue weighted by atomic mass is 10.5. The average Bonchev–Trinajstić information content (AvgIpc) is 2.71. The summed E-state index contributed by atoms with van der Waals surface area (Å²) < 4.78 is 9.55. The summed E-state index contributed by atoms with van der Waals surface area (Å²) in [6.45, 7) is 1.19. The van der Waals surface area contributed by atoms with Crippen LogP contribution in [0.15, 0.2) is 9.59 Å². The Morgan fingerprint density at radius 1 is 1.10 bits per heavy atom. The van der Waals surface area contributed by atoms with Gasteiger partial charge in [0.1, 0.15) is 6.61 Å². The summed E-state index contributed by atoms with van der Waals surface area (Å²) in [6, 6.07) is 0.333. The lowest BCUT2D eigenvalue weighted by Gasteiger charge is -2.10. The van der Waals surface area contributed by atoms with Crippen LogP contribution in [0.2, 0.25) is 0 Å². The van der Waals surface area contributed by atoms with Crippen molar-refractivity contribution in [3.63, 3.8) is 0 Å². The van der Waals surface area contributed by atoms with Crippen molar-refractivity contribution in [2.24, 2.45) is 21.1 Å². The smallest absolute Gasteiger partial charge is 0.332 e. The van der Waals surface area contributed by atoms with E-state index in [-0.39, 0.29) is 18.0 Å². The van der Waals surface area contributed by atoms with Crippen molar-refractivity contribution in [3.8, 4) is 6.01 Å². The third-order valence-corrected chi connectivity index (χ3v) is 3.20. The number of nitrogens with zero attached hydrogens (tertiary/aromatic N) is 5. The third-order valence-electron chi connectivity index (χ3n) is 3.20. The first kappa shape index (κ1) is 17.3. The largest absolute Gasteiger partial charge is 0.463 e. The van der Waals surface area contributed by atoms with Gasteiger partial charge in [0.25, 0.3) is 11.6 Å². The molecule has 8 nitrogen and oxygen atoms in total. The van der Waals surface area contributed by atoms with E-state index in [9.17, 15) is 9.59 Å². The van der Waals surface area contributed by atoms with E-state index in [4.69, 9.17) is 4.74 Å². The quantitative estimate of drug-likeness (QED) is 0.748. The number of aromatic nitrogens is 4. The van der Waals surface area contributed by atoms with Crippen LogP contribution >= 0.6 is 12.4 Å². The molecule has 21 heavy (non-hydrogen) atoms. The van der Waals surface area contributed by atoms with Crippen LogP contribution in [0.5, 0.6) is 6.01 Å². The molecule has 2 aromatic rings. The van der Waals surface area contributed by atoms with Crippen molar-refractivity contribution in [1.29, 1.82) is 0 Å². The average molecular weight is 318 g/mol. The highest BCUT2D eigenvalue weighted by atomic mass is 35.5. The van der Waals surface area contributed by atoms with E-state index in [2.05, 4.69) is 4.98 Å². The minimum atomic E-state index is -0.402. The van der Waals surface area contributed by atoms with E-state index in [1.807, 2.05) is 19.0 Å². The summed E-state index contributed by atoms with van der Waals surface area (Å²) in [7, 11) is 8.62. The zero-order valence-electron chi connectivity index (χ0n) is 12.8. The van der Waals surface area contributed by atoms with Gasteiger partial charge in [0, 0.05) is 27.7 Å². The summed E-state index contributed by atoms with van der Waals surface area (Å²) in [4.78, 5) is 30.2. The highest BCUT2D eigenvalue weighted by Crippen LogP contribution is 2.14. The number of rotatable bonds is 4. The lowest BCUT2D eigenvalue weighted by molar-refractivity contribution is 0.240. The maximum Gasteiger partial charge on any atom is 0.332 e. The molecule has 2 rings (SSSR count). The van der Waals surface area contributed by atoms with Crippen molar-refractivity contribution in [1.82, 2.24) is 23.6 Å². The second-order valence-electron chi connectivity index (χ2n) is 4.98. The highest BCUT2D eigenvalue weighted by molar-refractivity contribution is 5.85. The minimum absolute atomic E-state index is 0. The molecule has 0 fully saturated rings. The molecule has 0 aliphatic heterocycles. The summed E-state index contributed by atoms with van der Waals surface area (Å²) in [5, 5.41) is 0. The Bertz CT molecular complexity index is 759. The summed E-state index contributed by atoms with van der Waals surface area (Å²) >= 11 is 0. The summed E-state index contributed by atoms with van der Waals surface area (Å²) in [6.07, 6.45) is 0. The van der Waals surface area contributed by atoms with E-state index < -0.39 is 5.69 Å². The van der Waals surface area contributed by atoms with Gasteiger partial charge in [-0.2, -0.15) is 4.98 Å². The molecule has 0 bridgehead atoms. The summed E-state index contributed by atoms with van der Waals surface area (Å²) in [5.41, 5.74) is -0.0871. The zero-order chi connectivity index (χ0) is 15.0. The molecule has 0 saturated carbocycles. The molecular weight excluding hydrogens is 298 g/mol. The molecule has 0 aromatic carbocycles. The standard InChI is InChI=1S/C12H19N5O3.ClH/c1-14(2)6-7-20-11-13-9-8(15(11)3)10(18)17(5)12(19)16(9)4;/h6-7H2,1-5H3;1H. The van der Waals surface area contributed by atoms with Gasteiger partial charge in [0.2, 0.25) is 0 Å². The normalized spacial score (nSPS) is 11.0. The molecule has 0 amide bonds. The van der Waals surface area contributed by atoms with E-state index >= 15 is 0 Å². The van der Waals surface area contributed by atoms with Crippen LogP contribution in [-0.4, -0.2) is 50.8 Å². The Balaban J connectivity index is 0.00000220. The Morgan fingerprint density at radius 2 is 1.71 bits per heavy atom. The first-order valence-electron chi connectivity index (χ1n) is 6.24. The van der Waals surface area contributed by atoms with Crippen molar-refractivity contribution in [3.05, 3.63) is 20.8 Å². The van der Waals surface area contributed by atoms with Gasteiger partial charge >= 0.3 is 5.69 Å². The van der Waals surface area contributed by atoms with Crippen LogP contribution in [0.3, 0.4) is 0 Å². The number of aryl methyl sites for hydroxylation is 2. The van der Waals surface area contributed by atoms with Crippen LogP contribution in [0.4, 0.5) is 0 Å². The first-order chi connectivity index (χ1) is 9.34. The van der Waals surface area contributed by atoms with Crippen LogP contribution in [-0.2, 0) is 21.1 Å². The Kier molecular flexibility index (Phi) is 5.19. The molecule has 0 unspecified atom stereocenters. The highest BCUT2D eigenvalue weighted by Gasteiger charge is 2.17. The fourth-order valence-electron chi connectivity index (χ4n) is 1.95. The van der Waals surface area contributed by atoms with Gasteiger partial charge < -0.3 is 9.64 Å². The van der Waals surface area contributed by atoms with Crippen molar-refractivity contribution >= 4 is 23.6 Å². The molecule has 118 valence electrons. The maximum absolute atomic E-state index is 12.1. The predicted octanol–water partition coefficient (Wildman–Crippen LogP) is -0.667. The Morgan fingerprint density at radius 3 is 2.29 bits per heavy atom. The SMILES string of the molecule is CN(C)CCOc1nc2c(c(=O)n(C)c(=O)n2C)n1C.Cl. The van der Waals surface area contributed by atoms with Crippen molar-refractivity contribution in [2.45, 2.75) is 0 Å². The number of imidazole rings is 1. The van der Waals surface area contributed by atoms with Crippen molar-refractivity contribution < 1.29 is 4.74 Å². The molecule has 2 heterocycles. The van der Waals surface area contributed by atoms with E-state index in [0.717, 1.165) is 11.1 Å². The second-order valence-corrected chi connectivity index (χ2v) is 4.98. The summed E-state index contributed by atoms with van der Waals surface area (Å²) in [5.74, 6) is 0. The third kappa shape index (κ3) is 2.96. The van der Waals surface area contributed by atoms with Crippen LogP contribution in [0.25, 0.3) is 11.2 Å². The van der Waals surface area contributed by atoms with Gasteiger partial charge in [0.05, 0.1) is 0 Å². The number of halogens is 1. The number of hydrogen-bond acceptors (Lipinski definition) is 5. The zero-order valence-corrected chi connectivity index (χ0v) is 13.6. The predicted molar refractivity (Wildman–Crippen MR) is 82.5 cm³/mol. The van der Waals surface area contributed by atoms with Crippen LogP contribution in [0.1, 0.15) is 0 Å². The van der Waals surface area contributed by atoms with Crippen LogP contribution in [0, 0.1) is 0 Å². The van der Waals surface area contributed by atoms with Gasteiger partial charge in [-0.05, 0) is 14.1 Å². The molecule has 0 atom stereocenters. The number of fused-ring (bicyclic) bond motifs is 1. The number of ether oxygens (including phenoxy) is 1. The fourth-order valence-corrected chi connectivity index (χ4v) is 1.95. The monoisotopic (exact) mass is 317 g/mol. The minimum Gasteiger partial charge on any atom is -0.463 e. The molecule has 0 saturated heterocycles. The lowest BCUT2D eigenvalue weighted by Crippen LogP contribution is -2.37.